The fourth-order valence-electron chi connectivity index (χ4n) is 3.69. The average molecular weight is 459 g/mol. The van der Waals surface area contributed by atoms with Gasteiger partial charge in [-0.05, 0) is 39.3 Å². The van der Waals surface area contributed by atoms with Gasteiger partial charge in [0.2, 0.25) is 15.9 Å². The Balaban J connectivity index is 1.77. The molecule has 0 aromatic carbocycles. The average Bonchev–Trinajstić information content (AvgIpc) is 3.27. The maximum atomic E-state index is 13.1. The number of rotatable bonds is 7. The van der Waals surface area contributed by atoms with Gasteiger partial charge in [-0.3, -0.25) is 9.48 Å². The van der Waals surface area contributed by atoms with Gasteiger partial charge in [0.1, 0.15) is 17.2 Å². The molecular formula is C18H26N4O6S2. The third-order valence-corrected chi connectivity index (χ3v) is 9.14. The first-order chi connectivity index (χ1) is 13.8. The van der Waals surface area contributed by atoms with Crippen LogP contribution in [0, 0.1) is 13.8 Å². The van der Waals surface area contributed by atoms with Crippen LogP contribution in [0.25, 0.3) is 0 Å². The molecule has 1 amide bonds. The number of furan rings is 1. The molecule has 0 aliphatic carbocycles. The molecule has 0 spiro atoms. The summed E-state index contributed by atoms with van der Waals surface area (Å²) >= 11 is 0. The van der Waals surface area contributed by atoms with Gasteiger partial charge in [-0.25, -0.2) is 16.8 Å². The number of sulfonamides is 1. The maximum absolute atomic E-state index is 13.1. The van der Waals surface area contributed by atoms with Gasteiger partial charge < -0.3 is 9.73 Å². The highest BCUT2D eigenvalue weighted by Crippen LogP contribution is 2.25. The van der Waals surface area contributed by atoms with Crippen molar-refractivity contribution in [1.82, 2.24) is 19.4 Å². The smallest absolute Gasteiger partial charge is 0.246 e. The van der Waals surface area contributed by atoms with Gasteiger partial charge in [0.25, 0.3) is 0 Å². The van der Waals surface area contributed by atoms with Gasteiger partial charge in [-0.15, -0.1) is 0 Å². The van der Waals surface area contributed by atoms with Crippen LogP contribution in [0.4, 0.5) is 0 Å². The molecule has 1 unspecified atom stereocenters. The number of sulfone groups is 1. The van der Waals surface area contributed by atoms with Crippen LogP contribution in [0.1, 0.15) is 30.5 Å². The van der Waals surface area contributed by atoms with Gasteiger partial charge in [-0.2, -0.15) is 9.40 Å². The Labute approximate surface area is 176 Å². The van der Waals surface area contributed by atoms with Crippen LogP contribution in [-0.4, -0.2) is 60.9 Å². The lowest BCUT2D eigenvalue weighted by atomic mass is 10.0. The van der Waals surface area contributed by atoms with Crippen LogP contribution in [-0.2, 0) is 37.7 Å². The van der Waals surface area contributed by atoms with Gasteiger partial charge in [0.05, 0.1) is 41.2 Å². The molecule has 1 aliphatic heterocycles. The molecule has 12 heteroatoms. The number of aromatic nitrogens is 2. The van der Waals surface area contributed by atoms with E-state index in [9.17, 15) is 21.6 Å². The molecular weight excluding hydrogens is 432 g/mol. The lowest BCUT2D eigenvalue weighted by molar-refractivity contribution is -0.123. The predicted octanol–water partition coefficient (Wildman–Crippen LogP) is 0.607. The van der Waals surface area contributed by atoms with Crippen molar-refractivity contribution in [3.63, 3.8) is 0 Å². The number of hydrogen-bond acceptors (Lipinski definition) is 7. The molecule has 1 fully saturated rings. The molecule has 2 aromatic heterocycles. The molecule has 0 saturated carbocycles. The fourth-order valence-corrected chi connectivity index (χ4v) is 7.29. The fraction of sp³-hybridized carbons (Fsp3) is 0.556. The number of amides is 1. The minimum atomic E-state index is -3.86. The molecule has 1 N–H and O–H groups in total. The first-order valence-electron chi connectivity index (χ1n) is 9.37. The summed E-state index contributed by atoms with van der Waals surface area (Å²) < 4.78 is 57.3. The van der Waals surface area contributed by atoms with Crippen LogP contribution >= 0.6 is 0 Å². The van der Waals surface area contributed by atoms with Crippen molar-refractivity contribution in [3.8, 4) is 0 Å². The Morgan fingerprint density at radius 2 is 2.10 bits per heavy atom. The van der Waals surface area contributed by atoms with Crippen molar-refractivity contribution >= 4 is 25.8 Å². The Morgan fingerprint density at radius 3 is 2.67 bits per heavy atom. The maximum Gasteiger partial charge on any atom is 0.246 e. The zero-order valence-corrected chi connectivity index (χ0v) is 19.0. The molecule has 166 valence electrons. The highest BCUT2D eigenvalue weighted by molar-refractivity contribution is 7.91. The third kappa shape index (κ3) is 4.60. The van der Waals surface area contributed by atoms with Crippen LogP contribution in [0.5, 0.6) is 0 Å². The van der Waals surface area contributed by atoms with E-state index < -0.39 is 31.3 Å². The number of carbonyl (C=O) groups excluding carboxylic acids is 1. The van der Waals surface area contributed by atoms with Crippen molar-refractivity contribution < 1.29 is 26.0 Å². The van der Waals surface area contributed by atoms with E-state index in [4.69, 9.17) is 4.42 Å². The summed E-state index contributed by atoms with van der Waals surface area (Å²) in [7, 11) is -5.58. The Kier molecular flexibility index (Phi) is 5.87. The van der Waals surface area contributed by atoms with Crippen molar-refractivity contribution in [3.05, 3.63) is 35.5 Å². The van der Waals surface area contributed by atoms with Gasteiger partial charge in [0, 0.05) is 7.05 Å². The van der Waals surface area contributed by atoms with E-state index >= 15 is 0 Å². The molecule has 1 aliphatic rings. The number of carbonyl (C=O) groups is 1. The molecule has 0 bridgehead atoms. The van der Waals surface area contributed by atoms with Crippen molar-refractivity contribution in [2.75, 3.05) is 18.6 Å². The second kappa shape index (κ2) is 7.82. The SMILES string of the molecule is Cc1nn(CC(=O)NC2(C)CCS(=O)(=O)C2)c(C)c1S(=O)(=O)N(C)Cc1ccco1. The Morgan fingerprint density at radius 1 is 1.40 bits per heavy atom. The molecule has 1 atom stereocenters. The molecule has 3 heterocycles. The highest BCUT2D eigenvalue weighted by Gasteiger charge is 2.39. The Hall–Kier alpha value is -2.18. The van der Waals surface area contributed by atoms with Gasteiger partial charge in [0.15, 0.2) is 9.84 Å². The second-order valence-electron chi connectivity index (χ2n) is 7.95. The summed E-state index contributed by atoms with van der Waals surface area (Å²) in [5, 5.41) is 6.99. The van der Waals surface area contributed by atoms with Crippen molar-refractivity contribution in [1.29, 1.82) is 0 Å². The zero-order chi connectivity index (χ0) is 22.3. The van der Waals surface area contributed by atoms with Gasteiger partial charge in [-0.1, -0.05) is 0 Å². The largest absolute Gasteiger partial charge is 0.468 e. The molecule has 0 radical (unpaired) electrons. The molecule has 2 aromatic rings. The number of hydrogen-bond donors (Lipinski definition) is 1. The van der Waals surface area contributed by atoms with E-state index in [0.29, 0.717) is 17.9 Å². The topological polar surface area (TPSA) is 132 Å². The normalized spacial score (nSPS) is 21.2. The van der Waals surface area contributed by atoms with E-state index in [1.165, 1.54) is 18.0 Å². The molecule has 10 nitrogen and oxygen atoms in total. The van der Waals surface area contributed by atoms with E-state index in [-0.39, 0.29) is 35.2 Å². The first kappa shape index (κ1) is 22.5. The minimum Gasteiger partial charge on any atom is -0.468 e. The van der Waals surface area contributed by atoms with E-state index in [2.05, 4.69) is 10.4 Å². The number of aryl methyl sites for hydroxylation is 1. The molecule has 1 saturated heterocycles. The van der Waals surface area contributed by atoms with Crippen molar-refractivity contribution in [2.24, 2.45) is 0 Å². The summed E-state index contributed by atoms with van der Waals surface area (Å²) in [4.78, 5) is 12.6. The molecule has 3 rings (SSSR count). The van der Waals surface area contributed by atoms with E-state index in [0.717, 1.165) is 4.31 Å². The van der Waals surface area contributed by atoms with Gasteiger partial charge >= 0.3 is 0 Å². The lowest BCUT2D eigenvalue weighted by Gasteiger charge is -2.24. The van der Waals surface area contributed by atoms with Crippen LogP contribution in [0.3, 0.4) is 0 Å². The highest BCUT2D eigenvalue weighted by atomic mass is 32.2. The minimum absolute atomic E-state index is 0.0358. The lowest BCUT2D eigenvalue weighted by Crippen LogP contribution is -2.48. The monoisotopic (exact) mass is 458 g/mol. The Bertz CT molecular complexity index is 1150. The number of nitrogens with zero attached hydrogens (tertiary/aromatic N) is 3. The third-order valence-electron chi connectivity index (χ3n) is 5.18. The number of nitrogens with one attached hydrogen (secondary N) is 1. The predicted molar refractivity (Wildman–Crippen MR) is 109 cm³/mol. The van der Waals surface area contributed by atoms with Crippen molar-refractivity contribution in [2.45, 2.75) is 50.7 Å². The summed E-state index contributed by atoms with van der Waals surface area (Å²) in [5.74, 6) is 0.00437. The molecule has 30 heavy (non-hydrogen) atoms. The quantitative estimate of drug-likeness (QED) is 0.643. The van der Waals surface area contributed by atoms with E-state index in [1.807, 2.05) is 0 Å². The zero-order valence-electron chi connectivity index (χ0n) is 17.4. The first-order valence-corrected chi connectivity index (χ1v) is 12.6. The summed E-state index contributed by atoms with van der Waals surface area (Å²) in [6, 6.07) is 3.36. The van der Waals surface area contributed by atoms with Crippen LogP contribution in [0.2, 0.25) is 0 Å². The van der Waals surface area contributed by atoms with E-state index in [1.54, 1.807) is 32.9 Å². The standard InChI is InChI=1S/C18H26N4O6S2/c1-13-17(30(26,27)21(4)10-15-6-5-8-28-15)14(2)22(20-13)11-16(23)19-18(3)7-9-29(24,25)12-18/h5-6,8H,7,9-12H2,1-4H3,(H,19,23). The van der Waals surface area contributed by atoms with Crippen LogP contribution in [0.15, 0.2) is 27.7 Å². The summed E-state index contributed by atoms with van der Waals surface area (Å²) in [6.45, 7) is 4.70. The van der Waals surface area contributed by atoms with Crippen LogP contribution < -0.4 is 5.32 Å². The summed E-state index contributed by atoms with van der Waals surface area (Å²) in [6.07, 6.45) is 1.81. The summed E-state index contributed by atoms with van der Waals surface area (Å²) in [5.41, 5.74) is -0.219. The second-order valence-corrected chi connectivity index (χ2v) is 12.1.